The minimum absolute atomic E-state index is 0.269. The number of amides is 1. The number of nitriles is 1. The molecule has 1 aromatic heterocycles. The lowest BCUT2D eigenvalue weighted by Gasteiger charge is -2.41. The Bertz CT molecular complexity index is 1360. The molecule has 1 aromatic carbocycles. The second-order valence-corrected chi connectivity index (χ2v) is 11.4. The van der Waals surface area contributed by atoms with Crippen LogP contribution in [0.4, 0.5) is 0 Å². The fourth-order valence-electron chi connectivity index (χ4n) is 5.46. The number of hydrogen-bond acceptors (Lipinski definition) is 4. The Labute approximate surface area is 223 Å². The summed E-state index contributed by atoms with van der Waals surface area (Å²) in [4.78, 5) is 27.0. The maximum atomic E-state index is 12.9. The lowest BCUT2D eigenvalue weighted by molar-refractivity contribution is -0.137. The number of rotatable bonds is 7. The van der Waals surface area contributed by atoms with Crippen molar-refractivity contribution in [3.8, 4) is 6.07 Å². The number of aromatic nitrogens is 1. The van der Waals surface area contributed by atoms with Crippen molar-refractivity contribution in [1.82, 2.24) is 14.8 Å². The monoisotopic (exact) mass is 513 g/mol. The molecule has 6 nitrogen and oxygen atoms in total. The van der Waals surface area contributed by atoms with Crippen molar-refractivity contribution in [3.63, 3.8) is 0 Å². The minimum Gasteiger partial charge on any atom is -0.359 e. The maximum absolute atomic E-state index is 12.9. The average molecular weight is 514 g/mol. The van der Waals surface area contributed by atoms with Gasteiger partial charge in [0.15, 0.2) is 0 Å². The van der Waals surface area contributed by atoms with Gasteiger partial charge in [-0.3, -0.25) is 4.79 Å². The van der Waals surface area contributed by atoms with Gasteiger partial charge in [-0.15, -0.1) is 0 Å². The number of para-hydroxylation sites is 1. The number of nitrogens with zero attached hydrogens (tertiary/aromatic N) is 5. The van der Waals surface area contributed by atoms with Crippen LogP contribution < -0.4 is 0 Å². The lowest BCUT2D eigenvalue weighted by atomic mass is 9.96. The standard InChI is InChI=1S/C30H32ClN5O/c1-19(16-32)14-25(24-15-28(31)34-26-5-3-2-4-23(24)26)29(21-8-9-21)33-18-35-12-13-36(30(37)22-10-11-22)27(17-35)20-6-7-20/h2-5,14-15,18,20-22,27H,6-13,17H2,1H3/b19-14+,29-25+,33-18?. The molecule has 4 aliphatic rings. The van der Waals surface area contributed by atoms with E-state index in [9.17, 15) is 10.1 Å². The molecule has 0 bridgehead atoms. The van der Waals surface area contributed by atoms with E-state index in [1.165, 1.54) is 12.8 Å². The second kappa shape index (κ2) is 9.95. The molecule has 37 heavy (non-hydrogen) atoms. The van der Waals surface area contributed by atoms with Crippen LogP contribution in [0.25, 0.3) is 16.5 Å². The number of carbonyl (C=O) groups is 1. The van der Waals surface area contributed by atoms with Crippen molar-refractivity contribution < 1.29 is 4.79 Å². The number of allylic oxidation sites excluding steroid dienone is 4. The summed E-state index contributed by atoms with van der Waals surface area (Å²) < 4.78 is 0. The highest BCUT2D eigenvalue weighted by atomic mass is 35.5. The Balaban J connectivity index is 1.36. The van der Waals surface area contributed by atoms with Crippen LogP contribution in [0.1, 0.15) is 51.0 Å². The van der Waals surface area contributed by atoms with Crippen LogP contribution in [-0.4, -0.2) is 52.7 Å². The Hall–Kier alpha value is -3.17. The first-order chi connectivity index (χ1) is 18.0. The van der Waals surface area contributed by atoms with Crippen molar-refractivity contribution in [3.05, 3.63) is 58.4 Å². The first-order valence-electron chi connectivity index (χ1n) is 13.5. The van der Waals surface area contributed by atoms with E-state index in [-0.39, 0.29) is 5.92 Å². The fraction of sp³-hybridized carbons (Fsp3) is 0.467. The zero-order valence-electron chi connectivity index (χ0n) is 21.2. The molecule has 2 heterocycles. The molecule has 1 amide bonds. The van der Waals surface area contributed by atoms with Crippen LogP contribution in [-0.2, 0) is 4.79 Å². The number of carbonyl (C=O) groups excluding carboxylic acids is 1. The van der Waals surface area contributed by atoms with E-state index in [2.05, 4.69) is 20.9 Å². The SMILES string of the molecule is C/C(C#N)=C\C(=C(/N=CN1CCN(C(=O)C2CC2)C(C2CC2)C1)C1CC1)c1cc(Cl)nc2ccccc12. The first kappa shape index (κ1) is 24.2. The third kappa shape index (κ3) is 5.29. The molecule has 1 aliphatic heterocycles. The molecule has 6 rings (SSSR count). The number of benzene rings is 1. The molecule has 7 heteroatoms. The Morgan fingerprint density at radius 1 is 1.14 bits per heavy atom. The van der Waals surface area contributed by atoms with Gasteiger partial charge < -0.3 is 9.80 Å². The van der Waals surface area contributed by atoms with E-state index in [0.717, 1.165) is 73.1 Å². The summed E-state index contributed by atoms with van der Waals surface area (Å²) in [6.45, 7) is 4.25. The van der Waals surface area contributed by atoms with Gasteiger partial charge >= 0.3 is 0 Å². The molecule has 0 spiro atoms. The van der Waals surface area contributed by atoms with Crippen molar-refractivity contribution in [1.29, 1.82) is 5.26 Å². The molecular weight excluding hydrogens is 482 g/mol. The van der Waals surface area contributed by atoms with Crippen LogP contribution in [0, 0.1) is 29.1 Å². The fourth-order valence-corrected chi connectivity index (χ4v) is 5.66. The van der Waals surface area contributed by atoms with Crippen LogP contribution >= 0.6 is 11.6 Å². The van der Waals surface area contributed by atoms with E-state index >= 15 is 0 Å². The normalized spacial score (nSPS) is 23.4. The predicted molar refractivity (Wildman–Crippen MR) is 147 cm³/mol. The summed E-state index contributed by atoms with van der Waals surface area (Å²) >= 11 is 6.46. The molecule has 0 radical (unpaired) electrons. The summed E-state index contributed by atoms with van der Waals surface area (Å²) in [5.41, 5.74) is 4.36. The molecule has 0 N–H and O–H groups in total. The highest BCUT2D eigenvalue weighted by Gasteiger charge is 2.44. The average Bonchev–Trinajstić information content (AvgIpc) is 3.77. The molecular formula is C30H32ClN5O. The van der Waals surface area contributed by atoms with Gasteiger partial charge in [-0.05, 0) is 75.1 Å². The third-order valence-corrected chi connectivity index (χ3v) is 8.13. The zero-order chi connectivity index (χ0) is 25.5. The predicted octanol–water partition coefficient (Wildman–Crippen LogP) is 5.84. The molecule has 1 atom stereocenters. The van der Waals surface area contributed by atoms with E-state index in [0.29, 0.717) is 34.5 Å². The number of aliphatic imine (C=N–C) groups is 1. The largest absolute Gasteiger partial charge is 0.359 e. The summed E-state index contributed by atoms with van der Waals surface area (Å²) in [5, 5.41) is 11.0. The van der Waals surface area contributed by atoms with Gasteiger partial charge in [-0.1, -0.05) is 29.8 Å². The highest BCUT2D eigenvalue weighted by molar-refractivity contribution is 6.30. The van der Waals surface area contributed by atoms with Gasteiger partial charge in [0.25, 0.3) is 0 Å². The van der Waals surface area contributed by atoms with E-state index < -0.39 is 0 Å². The summed E-state index contributed by atoms with van der Waals surface area (Å²) in [7, 11) is 0. The quantitative estimate of drug-likeness (QED) is 0.153. The van der Waals surface area contributed by atoms with E-state index in [1.54, 1.807) is 0 Å². The molecule has 3 aliphatic carbocycles. The van der Waals surface area contributed by atoms with Gasteiger partial charge in [0.1, 0.15) is 5.15 Å². The van der Waals surface area contributed by atoms with Gasteiger partial charge in [0.2, 0.25) is 5.91 Å². The second-order valence-electron chi connectivity index (χ2n) is 11.0. The Morgan fingerprint density at radius 3 is 2.59 bits per heavy atom. The Morgan fingerprint density at radius 2 is 1.89 bits per heavy atom. The zero-order valence-corrected chi connectivity index (χ0v) is 22.0. The number of pyridine rings is 1. The first-order valence-corrected chi connectivity index (χ1v) is 13.9. The number of hydrogen-bond donors (Lipinski definition) is 0. The minimum atomic E-state index is 0.269. The van der Waals surface area contributed by atoms with Crippen LogP contribution in [0.5, 0.6) is 0 Å². The van der Waals surface area contributed by atoms with E-state index in [4.69, 9.17) is 16.6 Å². The number of halogens is 1. The summed E-state index contributed by atoms with van der Waals surface area (Å²) in [6.07, 6.45) is 10.6. The van der Waals surface area contributed by atoms with Crippen molar-refractivity contribution >= 4 is 40.3 Å². The number of fused-ring (bicyclic) bond motifs is 1. The molecule has 4 fully saturated rings. The van der Waals surface area contributed by atoms with Crippen LogP contribution in [0.15, 0.2) is 52.7 Å². The lowest BCUT2D eigenvalue weighted by Crippen LogP contribution is -2.56. The summed E-state index contributed by atoms with van der Waals surface area (Å²) in [6, 6.07) is 12.4. The van der Waals surface area contributed by atoms with Crippen molar-refractivity contribution in [2.75, 3.05) is 19.6 Å². The highest BCUT2D eigenvalue weighted by Crippen LogP contribution is 2.43. The van der Waals surface area contributed by atoms with Gasteiger partial charge in [0.05, 0.1) is 29.7 Å². The Kier molecular flexibility index (Phi) is 6.50. The number of piperazine rings is 1. The molecule has 3 saturated carbocycles. The summed E-state index contributed by atoms with van der Waals surface area (Å²) in [5.74, 6) is 1.62. The van der Waals surface area contributed by atoms with Gasteiger partial charge in [-0.25, -0.2) is 9.98 Å². The maximum Gasteiger partial charge on any atom is 0.226 e. The van der Waals surface area contributed by atoms with Crippen molar-refractivity contribution in [2.45, 2.75) is 51.5 Å². The van der Waals surface area contributed by atoms with Crippen LogP contribution in [0.2, 0.25) is 5.15 Å². The topological polar surface area (TPSA) is 72.6 Å². The molecule has 1 unspecified atom stereocenters. The van der Waals surface area contributed by atoms with Gasteiger partial charge in [0, 0.05) is 48.0 Å². The van der Waals surface area contributed by atoms with Crippen LogP contribution in [0.3, 0.4) is 0 Å². The van der Waals surface area contributed by atoms with Gasteiger partial charge in [-0.2, -0.15) is 5.26 Å². The third-order valence-electron chi connectivity index (χ3n) is 7.94. The molecule has 1 saturated heterocycles. The molecule has 2 aromatic rings. The van der Waals surface area contributed by atoms with E-state index in [1.807, 2.05) is 49.7 Å². The smallest absolute Gasteiger partial charge is 0.226 e. The van der Waals surface area contributed by atoms with Crippen molar-refractivity contribution in [2.24, 2.45) is 22.7 Å². The molecule has 190 valence electrons.